The normalized spacial score (nSPS) is 25.8. The molecule has 10 unspecified atom stereocenters. The van der Waals surface area contributed by atoms with Gasteiger partial charge in [-0.25, -0.2) is 8.98 Å². The number of likely N-dealkylation sites (N-methyl/N-ethyl adjacent to an activating group) is 1. The van der Waals surface area contributed by atoms with E-state index in [4.69, 9.17) is 20.8 Å². The van der Waals surface area contributed by atoms with Gasteiger partial charge in [0, 0.05) is 26.4 Å². The molecule has 0 radical (unpaired) electrons. The predicted octanol–water partition coefficient (Wildman–Crippen LogP) is -2.23. The van der Waals surface area contributed by atoms with Gasteiger partial charge in [-0.05, 0) is 49.7 Å². The average molecular weight is 960 g/mol. The molecular weight excluding hydrogens is 899 g/mol. The third-order valence-corrected chi connectivity index (χ3v) is 12.0. The number of carbonyl (C=O) groups is 7. The molecule has 10 atom stereocenters. The number of cyclic esters (lactones) is 1. The number of amides is 6. The molecule has 2 aliphatic heterocycles. The molecule has 0 spiro atoms. The van der Waals surface area contributed by atoms with Crippen molar-refractivity contribution in [2.24, 2.45) is 22.4 Å². The number of nitrogens with one attached hydrogen (secondary N) is 4. The van der Waals surface area contributed by atoms with Crippen molar-refractivity contribution in [2.45, 2.75) is 120 Å². The molecule has 2 aliphatic rings. The number of guanidine groups is 1. The number of hydrogen-bond donors (Lipinski definition) is 9. The van der Waals surface area contributed by atoms with Crippen LogP contribution in [0.1, 0.15) is 64.0 Å². The molecule has 2 heterocycles. The van der Waals surface area contributed by atoms with Crippen molar-refractivity contribution in [3.63, 3.8) is 0 Å². The Bertz CT molecular complexity index is 2200. The lowest BCUT2D eigenvalue weighted by molar-refractivity contribution is -0.165. The highest BCUT2D eigenvalue weighted by Crippen LogP contribution is 2.25. The quantitative estimate of drug-likeness (QED) is 0.0300. The Hall–Kier alpha value is -6.21. The van der Waals surface area contributed by atoms with Crippen molar-refractivity contribution in [2.75, 3.05) is 20.2 Å². The third kappa shape index (κ3) is 15.4. The number of piperidine rings is 1. The summed E-state index contributed by atoms with van der Waals surface area (Å²) in [5, 5.41) is 31.9. The summed E-state index contributed by atoms with van der Waals surface area (Å²) in [7, 11) is -3.76. The Morgan fingerprint density at radius 2 is 1.51 bits per heavy atom. The molecule has 0 aromatic heterocycles. The molecular formula is C43H61N9O14S. The molecule has 0 aliphatic carbocycles. The number of aliphatic hydroxyl groups is 2. The standard InChI is InChI=1S/C43H61N9O14S/c1-5-24(2)34-42(61)66-25(3)35(50-38(57)32(53)23-65-67(62,63)64)39(58)47-28(17-12-20-46-43(44)45)36(55)48-29-18-19-33(54)52(40(29)59)31(22-27-15-10-7-11-16-27)41(60)51(4)30(37(56)49-34)21-26-13-8-6-9-14-26/h6-11,13-16,24-25,28-35,53-54H,5,12,17-23H2,1-4H3,(H,47,58)(H,48,55)(H,49,56)(H,50,57)(H4,44,45,46)(H,62,63,64). The fourth-order valence-corrected chi connectivity index (χ4v) is 7.90. The smallest absolute Gasteiger partial charge is 0.397 e. The van der Waals surface area contributed by atoms with E-state index in [0.29, 0.717) is 17.5 Å². The number of nitrogens with two attached hydrogens (primary N) is 2. The Morgan fingerprint density at radius 3 is 2.07 bits per heavy atom. The van der Waals surface area contributed by atoms with E-state index in [1.807, 2.05) is 0 Å². The lowest BCUT2D eigenvalue weighted by Gasteiger charge is -2.43. The Balaban J connectivity index is 1.88. The van der Waals surface area contributed by atoms with Crippen molar-refractivity contribution >= 4 is 57.8 Å². The SMILES string of the molecule is CCC(C)C1NC(=O)C(Cc2ccccc2)N(C)C(=O)C(Cc2ccccc2)N2C(=O)C(CCC2O)NC(=O)C(CCCN=C(N)N)NC(=O)C(NC(=O)C(O)COS(=O)(=O)O)C(C)OC1=O. The molecule has 23 nitrogen and oxygen atoms in total. The Kier molecular flexibility index (Phi) is 19.6. The summed E-state index contributed by atoms with van der Waals surface area (Å²) < 4.78 is 41.2. The number of ether oxygens (including phenoxy) is 1. The van der Waals surface area contributed by atoms with Crippen LogP contribution in [0.25, 0.3) is 0 Å². The van der Waals surface area contributed by atoms with E-state index in [9.17, 15) is 52.2 Å². The third-order valence-electron chi connectivity index (χ3n) is 11.6. The molecule has 0 saturated carbocycles. The highest BCUT2D eigenvalue weighted by Gasteiger charge is 2.46. The molecule has 2 fully saturated rings. The fraction of sp³-hybridized carbons (Fsp3) is 0.535. The van der Waals surface area contributed by atoms with Gasteiger partial charge in [0.1, 0.15) is 55.2 Å². The molecule has 2 saturated heterocycles. The molecule has 24 heteroatoms. The number of aliphatic hydroxyl groups excluding tert-OH is 2. The van der Waals surface area contributed by atoms with Gasteiger partial charge in [0.15, 0.2) is 12.1 Å². The minimum absolute atomic E-state index is 0.0246. The van der Waals surface area contributed by atoms with Crippen LogP contribution in [0.15, 0.2) is 65.7 Å². The van der Waals surface area contributed by atoms with Gasteiger partial charge in [0.2, 0.25) is 29.5 Å². The van der Waals surface area contributed by atoms with Crippen LogP contribution < -0.4 is 32.7 Å². The zero-order valence-corrected chi connectivity index (χ0v) is 38.5. The largest absolute Gasteiger partial charge is 0.458 e. The summed E-state index contributed by atoms with van der Waals surface area (Å²) in [6, 6.07) is 8.27. The first-order valence-corrected chi connectivity index (χ1v) is 23.1. The molecule has 2 aromatic rings. The summed E-state index contributed by atoms with van der Waals surface area (Å²) in [6.07, 6.45) is -5.75. The maximum atomic E-state index is 15.0. The van der Waals surface area contributed by atoms with E-state index < -0.39 is 119 Å². The van der Waals surface area contributed by atoms with Crippen LogP contribution in [-0.2, 0) is 65.7 Å². The van der Waals surface area contributed by atoms with E-state index in [1.54, 1.807) is 74.5 Å². The number of carbonyl (C=O) groups excluding carboxylic acids is 7. The number of rotatable bonds is 15. The number of aliphatic imine (C=N–C) groups is 1. The minimum atomic E-state index is -5.13. The van der Waals surface area contributed by atoms with Crippen molar-refractivity contribution in [1.29, 1.82) is 0 Å². The highest BCUT2D eigenvalue weighted by atomic mass is 32.3. The van der Waals surface area contributed by atoms with Gasteiger partial charge in [-0.15, -0.1) is 0 Å². The monoisotopic (exact) mass is 959 g/mol. The summed E-state index contributed by atoms with van der Waals surface area (Å²) in [5.41, 5.74) is 12.2. The maximum Gasteiger partial charge on any atom is 0.397 e. The highest BCUT2D eigenvalue weighted by molar-refractivity contribution is 7.80. The number of hydrogen-bond acceptors (Lipinski definition) is 14. The lowest BCUT2D eigenvalue weighted by Crippen LogP contribution is -2.65. The van der Waals surface area contributed by atoms with Crippen molar-refractivity contribution < 1.29 is 65.7 Å². The van der Waals surface area contributed by atoms with E-state index in [2.05, 4.69) is 30.4 Å². The van der Waals surface area contributed by atoms with Gasteiger partial charge in [-0.1, -0.05) is 80.9 Å². The van der Waals surface area contributed by atoms with Crippen molar-refractivity contribution in [1.82, 2.24) is 31.1 Å². The number of benzene rings is 2. The molecule has 11 N–H and O–H groups in total. The summed E-state index contributed by atoms with van der Waals surface area (Å²) in [5.74, 6) is -7.96. The van der Waals surface area contributed by atoms with E-state index in [-0.39, 0.29) is 51.0 Å². The maximum absolute atomic E-state index is 15.0. The molecule has 4 rings (SSSR count). The summed E-state index contributed by atoms with van der Waals surface area (Å²) >= 11 is 0. The van der Waals surface area contributed by atoms with Gasteiger partial charge in [-0.3, -0.25) is 38.3 Å². The first kappa shape index (κ1) is 53.4. The van der Waals surface area contributed by atoms with Crippen LogP contribution >= 0.6 is 0 Å². The number of fused-ring (bicyclic) bond motifs is 2. The van der Waals surface area contributed by atoms with Crippen molar-refractivity contribution in [3.05, 3.63) is 71.8 Å². The van der Waals surface area contributed by atoms with Gasteiger partial charge in [0.25, 0.3) is 5.91 Å². The second-order valence-corrected chi connectivity index (χ2v) is 17.6. The van der Waals surface area contributed by atoms with Crippen molar-refractivity contribution in [3.8, 4) is 0 Å². The number of esters is 1. The average Bonchev–Trinajstić information content (AvgIpc) is 3.28. The summed E-state index contributed by atoms with van der Waals surface area (Å²) in [4.78, 5) is 106. The van der Waals surface area contributed by atoms with Crippen LogP contribution in [0.4, 0.5) is 0 Å². The first-order chi connectivity index (χ1) is 31.6. The first-order valence-electron chi connectivity index (χ1n) is 21.7. The van der Waals surface area contributed by atoms with Gasteiger partial charge < -0.3 is 57.5 Å². The second-order valence-electron chi connectivity index (χ2n) is 16.5. The molecule has 2 bridgehead atoms. The lowest BCUT2D eigenvalue weighted by atomic mass is 9.95. The zero-order chi connectivity index (χ0) is 49.6. The fourth-order valence-electron chi connectivity index (χ4n) is 7.59. The van der Waals surface area contributed by atoms with Crippen LogP contribution in [0.2, 0.25) is 0 Å². The van der Waals surface area contributed by atoms with Gasteiger partial charge in [0.05, 0.1) is 0 Å². The van der Waals surface area contributed by atoms with Crippen LogP contribution in [0.5, 0.6) is 0 Å². The Morgan fingerprint density at radius 1 is 0.910 bits per heavy atom. The van der Waals surface area contributed by atoms with E-state index >= 15 is 0 Å². The Labute approximate surface area is 388 Å². The van der Waals surface area contributed by atoms with Gasteiger partial charge in [-0.2, -0.15) is 8.42 Å². The molecule has 2 aromatic carbocycles. The molecule has 368 valence electrons. The van der Waals surface area contributed by atoms with E-state index in [0.717, 1.165) is 9.80 Å². The number of nitrogens with zero attached hydrogens (tertiary/aromatic N) is 3. The second kappa shape index (κ2) is 24.5. The minimum Gasteiger partial charge on any atom is -0.458 e. The molecule has 67 heavy (non-hydrogen) atoms. The zero-order valence-electron chi connectivity index (χ0n) is 37.6. The topological polar surface area (TPSA) is 352 Å². The van der Waals surface area contributed by atoms with Gasteiger partial charge >= 0.3 is 16.4 Å². The van der Waals surface area contributed by atoms with E-state index in [1.165, 1.54) is 14.0 Å². The predicted molar refractivity (Wildman–Crippen MR) is 239 cm³/mol. The summed E-state index contributed by atoms with van der Waals surface area (Å²) in [6.45, 7) is 3.23. The van der Waals surface area contributed by atoms with Crippen LogP contribution in [-0.4, -0.2) is 155 Å². The van der Waals surface area contributed by atoms with Crippen LogP contribution in [0.3, 0.4) is 0 Å². The van der Waals surface area contributed by atoms with Crippen LogP contribution in [0, 0.1) is 5.92 Å². The molecule has 6 amide bonds.